The van der Waals surface area contributed by atoms with Gasteiger partial charge in [-0.3, -0.25) is 14.9 Å². The van der Waals surface area contributed by atoms with Crippen LogP contribution in [0.3, 0.4) is 0 Å². The van der Waals surface area contributed by atoms with E-state index in [9.17, 15) is 23.3 Å². The molecule has 0 aromatic heterocycles. The largest absolute Gasteiger partial charge is 0.376 e. The molecule has 3 rings (SSSR count). The van der Waals surface area contributed by atoms with Gasteiger partial charge < -0.3 is 10.1 Å². The Morgan fingerprint density at radius 1 is 1.22 bits per heavy atom. The molecule has 1 N–H and O–H groups in total. The fourth-order valence-corrected chi connectivity index (χ4v) is 5.12. The maximum atomic E-state index is 13.0. The summed E-state index contributed by atoms with van der Waals surface area (Å²) in [5.41, 5.74) is -0.182. The molecule has 27 heavy (non-hydrogen) atoms. The summed E-state index contributed by atoms with van der Waals surface area (Å²) in [6.45, 7) is 1.31. The molecule has 1 amide bonds. The average Bonchev–Trinajstić information content (AvgIpc) is 3.20. The van der Waals surface area contributed by atoms with Gasteiger partial charge in [0.25, 0.3) is 5.69 Å². The highest BCUT2D eigenvalue weighted by Crippen LogP contribution is 2.27. The van der Waals surface area contributed by atoms with Crippen molar-refractivity contribution in [3.8, 4) is 0 Å². The van der Waals surface area contributed by atoms with Crippen molar-refractivity contribution >= 4 is 21.6 Å². The fourth-order valence-electron chi connectivity index (χ4n) is 3.47. The Morgan fingerprint density at radius 3 is 2.59 bits per heavy atom. The van der Waals surface area contributed by atoms with Gasteiger partial charge in [-0.25, -0.2) is 8.42 Å². The molecule has 0 saturated carbocycles. The van der Waals surface area contributed by atoms with E-state index in [1.165, 1.54) is 16.4 Å². The predicted octanol–water partition coefficient (Wildman–Crippen LogP) is 1.43. The minimum atomic E-state index is -3.92. The van der Waals surface area contributed by atoms with Crippen LogP contribution in [0, 0.1) is 10.1 Å². The van der Waals surface area contributed by atoms with Crippen LogP contribution in [-0.4, -0.2) is 55.4 Å². The predicted molar refractivity (Wildman–Crippen MR) is 96.6 cm³/mol. The van der Waals surface area contributed by atoms with E-state index in [1.54, 1.807) is 0 Å². The van der Waals surface area contributed by atoms with Crippen molar-refractivity contribution in [3.63, 3.8) is 0 Å². The highest BCUT2D eigenvalue weighted by Gasteiger charge is 2.38. The second kappa shape index (κ2) is 8.32. The van der Waals surface area contributed by atoms with Gasteiger partial charge in [-0.15, -0.1) is 0 Å². The Labute approximate surface area is 157 Å². The summed E-state index contributed by atoms with van der Waals surface area (Å²) in [5.74, 6) is -0.323. The van der Waals surface area contributed by atoms with Crippen LogP contribution in [0.2, 0.25) is 0 Å². The number of nitro groups is 1. The first-order valence-electron chi connectivity index (χ1n) is 9.05. The van der Waals surface area contributed by atoms with Gasteiger partial charge in [0.15, 0.2) is 0 Å². The molecule has 0 radical (unpaired) electrons. The first-order chi connectivity index (χ1) is 12.9. The van der Waals surface area contributed by atoms with Crippen molar-refractivity contribution in [2.45, 2.75) is 49.1 Å². The number of amides is 1. The van der Waals surface area contributed by atoms with Gasteiger partial charge in [0.2, 0.25) is 15.9 Å². The van der Waals surface area contributed by atoms with Gasteiger partial charge in [0.1, 0.15) is 6.04 Å². The summed E-state index contributed by atoms with van der Waals surface area (Å²) in [7, 11) is -3.92. The Kier molecular flexibility index (Phi) is 6.08. The van der Waals surface area contributed by atoms with Crippen LogP contribution < -0.4 is 5.32 Å². The minimum Gasteiger partial charge on any atom is -0.376 e. The number of sulfonamides is 1. The number of nitrogens with one attached hydrogen (secondary N) is 1. The summed E-state index contributed by atoms with van der Waals surface area (Å²) < 4.78 is 32.7. The molecule has 10 heteroatoms. The van der Waals surface area contributed by atoms with Crippen LogP contribution >= 0.6 is 0 Å². The molecule has 9 nitrogen and oxygen atoms in total. The first kappa shape index (κ1) is 19.7. The fraction of sp³-hybridized carbons (Fsp3) is 0.588. The van der Waals surface area contributed by atoms with Crippen LogP contribution in [0.4, 0.5) is 5.69 Å². The van der Waals surface area contributed by atoms with Crippen molar-refractivity contribution in [3.05, 3.63) is 34.4 Å². The van der Waals surface area contributed by atoms with Crippen LogP contribution in [0.5, 0.6) is 0 Å². The molecule has 2 aliphatic heterocycles. The van der Waals surface area contributed by atoms with Crippen molar-refractivity contribution in [1.29, 1.82) is 0 Å². The van der Waals surface area contributed by atoms with Crippen molar-refractivity contribution in [2.75, 3.05) is 19.7 Å². The molecule has 0 aliphatic carbocycles. The van der Waals surface area contributed by atoms with Crippen LogP contribution in [-0.2, 0) is 19.6 Å². The molecule has 2 heterocycles. The number of hydrogen-bond acceptors (Lipinski definition) is 6. The summed E-state index contributed by atoms with van der Waals surface area (Å²) in [5, 5.41) is 13.6. The smallest absolute Gasteiger partial charge is 0.269 e. The topological polar surface area (TPSA) is 119 Å². The zero-order valence-corrected chi connectivity index (χ0v) is 15.7. The highest BCUT2D eigenvalue weighted by atomic mass is 32.2. The third-order valence-corrected chi connectivity index (χ3v) is 6.86. The van der Waals surface area contributed by atoms with Crippen molar-refractivity contribution < 1.29 is 22.9 Å². The number of carbonyl (C=O) groups is 1. The van der Waals surface area contributed by atoms with Gasteiger partial charge >= 0.3 is 0 Å². The Bertz CT molecular complexity index is 789. The molecular weight excluding hydrogens is 374 g/mol. The van der Waals surface area contributed by atoms with Crippen molar-refractivity contribution in [2.24, 2.45) is 0 Å². The summed E-state index contributed by atoms with van der Waals surface area (Å²) in [6.07, 6.45) is 3.72. The summed E-state index contributed by atoms with van der Waals surface area (Å²) in [6, 6.07) is 3.96. The lowest BCUT2D eigenvalue weighted by molar-refractivity contribution is -0.384. The second-order valence-electron chi connectivity index (χ2n) is 6.76. The quantitative estimate of drug-likeness (QED) is 0.573. The monoisotopic (exact) mass is 397 g/mol. The van der Waals surface area contributed by atoms with Gasteiger partial charge in [-0.1, -0.05) is 6.42 Å². The molecule has 2 saturated heterocycles. The van der Waals surface area contributed by atoms with E-state index >= 15 is 0 Å². The zero-order valence-electron chi connectivity index (χ0n) is 14.9. The molecule has 2 fully saturated rings. The standard InChI is InChI=1S/C17H23N3O6S/c21-17(18-12-14-4-3-11-26-14)16-5-1-2-10-19(16)27(24,25)15-8-6-13(7-9-15)20(22)23/h6-9,14,16H,1-5,10-12H2,(H,18,21)/t14-,16-/m1/s1. The number of piperidine rings is 1. The van der Waals surface area contributed by atoms with Crippen LogP contribution in [0.15, 0.2) is 29.2 Å². The molecular formula is C17H23N3O6S. The second-order valence-corrected chi connectivity index (χ2v) is 8.65. The average molecular weight is 397 g/mol. The third-order valence-electron chi connectivity index (χ3n) is 4.94. The van der Waals surface area contributed by atoms with E-state index in [2.05, 4.69) is 5.32 Å². The third kappa shape index (κ3) is 4.45. The van der Waals surface area contributed by atoms with E-state index in [-0.39, 0.29) is 29.1 Å². The Hall–Kier alpha value is -2.04. The van der Waals surface area contributed by atoms with Gasteiger partial charge in [0, 0.05) is 31.8 Å². The SMILES string of the molecule is O=C(NC[C@H]1CCCO1)[C@H]1CCCCN1S(=O)(=O)c1ccc([N+](=O)[O-])cc1. The molecule has 2 aliphatic rings. The van der Waals surface area contributed by atoms with E-state index in [0.29, 0.717) is 26.0 Å². The lowest BCUT2D eigenvalue weighted by Gasteiger charge is -2.33. The summed E-state index contributed by atoms with van der Waals surface area (Å²) >= 11 is 0. The molecule has 0 spiro atoms. The van der Waals surface area contributed by atoms with Gasteiger partial charge in [-0.2, -0.15) is 4.31 Å². The maximum absolute atomic E-state index is 13.0. The van der Waals surface area contributed by atoms with Crippen molar-refractivity contribution in [1.82, 2.24) is 9.62 Å². The molecule has 1 aromatic rings. The van der Waals surface area contributed by atoms with Crippen LogP contribution in [0.25, 0.3) is 0 Å². The number of rotatable bonds is 6. The number of non-ortho nitro benzene ring substituents is 1. The van der Waals surface area contributed by atoms with E-state index < -0.39 is 21.0 Å². The number of hydrogen-bond donors (Lipinski definition) is 1. The molecule has 148 valence electrons. The Morgan fingerprint density at radius 2 is 1.96 bits per heavy atom. The summed E-state index contributed by atoms with van der Waals surface area (Å²) in [4.78, 5) is 22.8. The van der Waals surface area contributed by atoms with Crippen LogP contribution in [0.1, 0.15) is 32.1 Å². The number of carbonyl (C=O) groups excluding carboxylic acids is 1. The molecule has 0 unspecified atom stereocenters. The van der Waals surface area contributed by atoms with E-state index in [1.807, 2.05) is 0 Å². The number of nitrogens with zero attached hydrogens (tertiary/aromatic N) is 2. The Balaban J connectivity index is 1.74. The van der Waals surface area contributed by atoms with E-state index in [0.717, 1.165) is 31.4 Å². The van der Waals surface area contributed by atoms with E-state index in [4.69, 9.17) is 4.74 Å². The lowest BCUT2D eigenvalue weighted by Crippen LogP contribution is -2.52. The van der Waals surface area contributed by atoms with Gasteiger partial charge in [-0.05, 0) is 37.8 Å². The number of nitro benzene ring substituents is 1. The molecule has 1 aromatic carbocycles. The zero-order chi connectivity index (χ0) is 19.4. The normalized spacial score (nSPS) is 23.9. The first-order valence-corrected chi connectivity index (χ1v) is 10.5. The minimum absolute atomic E-state index is 0.0164. The molecule has 0 bridgehead atoms. The maximum Gasteiger partial charge on any atom is 0.269 e. The lowest BCUT2D eigenvalue weighted by atomic mass is 10.0. The number of ether oxygens (including phenoxy) is 1. The number of benzene rings is 1. The highest BCUT2D eigenvalue weighted by molar-refractivity contribution is 7.89. The van der Waals surface area contributed by atoms with Gasteiger partial charge in [0.05, 0.1) is 15.9 Å². The molecule has 2 atom stereocenters.